The number of allylic oxidation sites excluding steroid dienone is 4. The van der Waals surface area contributed by atoms with E-state index in [0.29, 0.717) is 0 Å². The van der Waals surface area contributed by atoms with Gasteiger partial charge in [-0.2, -0.15) is 0 Å². The second-order valence-corrected chi connectivity index (χ2v) is 4.54. The van der Waals surface area contributed by atoms with Gasteiger partial charge in [0.1, 0.15) is 0 Å². The SMILES string of the molecule is CC1=C2CC2=C(C)C(C)CC1C. The molecule has 0 nitrogen and oxygen atoms in total. The van der Waals surface area contributed by atoms with E-state index in [1.807, 2.05) is 0 Å². The molecule has 1 saturated carbocycles. The van der Waals surface area contributed by atoms with E-state index in [2.05, 4.69) is 27.7 Å². The first-order chi connectivity index (χ1) is 5.61. The van der Waals surface area contributed by atoms with Crippen LogP contribution in [0, 0.1) is 11.8 Å². The van der Waals surface area contributed by atoms with Gasteiger partial charge in [-0.05, 0) is 49.7 Å². The average molecular weight is 162 g/mol. The summed E-state index contributed by atoms with van der Waals surface area (Å²) in [6.45, 7) is 9.37. The van der Waals surface area contributed by atoms with Gasteiger partial charge in [-0.25, -0.2) is 0 Å². The molecule has 0 aliphatic heterocycles. The zero-order chi connectivity index (χ0) is 8.88. The molecule has 2 unspecified atom stereocenters. The Labute approximate surface area is 75.4 Å². The van der Waals surface area contributed by atoms with Crippen LogP contribution in [0.5, 0.6) is 0 Å². The van der Waals surface area contributed by atoms with Crippen molar-refractivity contribution in [3.63, 3.8) is 0 Å². The monoisotopic (exact) mass is 162 g/mol. The Morgan fingerprint density at radius 2 is 1.33 bits per heavy atom. The fourth-order valence-electron chi connectivity index (χ4n) is 2.37. The highest BCUT2D eigenvalue weighted by molar-refractivity contribution is 5.57. The Morgan fingerprint density at radius 1 is 0.917 bits per heavy atom. The number of rotatable bonds is 0. The lowest BCUT2D eigenvalue weighted by Crippen LogP contribution is -2.04. The smallest absolute Gasteiger partial charge is 0.00210 e. The highest BCUT2D eigenvalue weighted by Gasteiger charge is 2.32. The lowest BCUT2D eigenvalue weighted by atomic mass is 9.89. The van der Waals surface area contributed by atoms with Crippen molar-refractivity contribution in [3.8, 4) is 0 Å². The molecule has 0 amide bonds. The standard InChI is InChI=1S/C12H18/c1-7-5-8(2)10(4)12-6-11(12)9(7)3/h7-8H,5-6H2,1-4H3. The Hall–Kier alpha value is -0.520. The van der Waals surface area contributed by atoms with Crippen LogP contribution in [0.25, 0.3) is 0 Å². The van der Waals surface area contributed by atoms with Crippen LogP contribution in [0.3, 0.4) is 0 Å². The van der Waals surface area contributed by atoms with Crippen LogP contribution in [0.1, 0.15) is 40.5 Å². The molecule has 0 heterocycles. The van der Waals surface area contributed by atoms with E-state index in [1.54, 1.807) is 22.3 Å². The van der Waals surface area contributed by atoms with Gasteiger partial charge in [-0.15, -0.1) is 0 Å². The summed E-state index contributed by atoms with van der Waals surface area (Å²) in [5.74, 6) is 1.62. The molecule has 66 valence electrons. The molecule has 2 rings (SSSR count). The molecular weight excluding hydrogens is 144 g/mol. The summed E-state index contributed by atoms with van der Waals surface area (Å²) in [5.41, 5.74) is 6.69. The minimum Gasteiger partial charge on any atom is -0.0666 e. The van der Waals surface area contributed by atoms with Crippen LogP contribution >= 0.6 is 0 Å². The van der Waals surface area contributed by atoms with E-state index >= 15 is 0 Å². The predicted octanol–water partition coefficient (Wildman–Crippen LogP) is 3.70. The highest BCUT2D eigenvalue weighted by atomic mass is 14.4. The zero-order valence-electron chi connectivity index (χ0n) is 8.57. The van der Waals surface area contributed by atoms with Crippen molar-refractivity contribution in [2.24, 2.45) is 11.8 Å². The van der Waals surface area contributed by atoms with Gasteiger partial charge >= 0.3 is 0 Å². The summed E-state index contributed by atoms with van der Waals surface area (Å²) < 4.78 is 0. The summed E-state index contributed by atoms with van der Waals surface area (Å²) in [6, 6.07) is 0. The maximum Gasteiger partial charge on any atom is -0.00210 e. The summed E-state index contributed by atoms with van der Waals surface area (Å²) in [6.07, 6.45) is 2.65. The third-order valence-corrected chi connectivity index (χ3v) is 3.73. The van der Waals surface area contributed by atoms with Crippen molar-refractivity contribution in [2.45, 2.75) is 40.5 Å². The Balaban J connectivity index is 2.39. The number of fused-ring (bicyclic) bond motifs is 1. The van der Waals surface area contributed by atoms with Crippen LogP contribution in [0.2, 0.25) is 0 Å². The largest absolute Gasteiger partial charge is 0.0666 e. The van der Waals surface area contributed by atoms with Gasteiger partial charge in [-0.1, -0.05) is 25.0 Å². The van der Waals surface area contributed by atoms with Crippen LogP contribution in [-0.4, -0.2) is 0 Å². The summed E-state index contributed by atoms with van der Waals surface area (Å²) >= 11 is 0. The molecular formula is C12H18. The summed E-state index contributed by atoms with van der Waals surface area (Å²) in [5, 5.41) is 0. The van der Waals surface area contributed by atoms with Crippen molar-refractivity contribution in [1.29, 1.82) is 0 Å². The molecule has 0 saturated heterocycles. The van der Waals surface area contributed by atoms with Crippen molar-refractivity contribution in [2.75, 3.05) is 0 Å². The summed E-state index contributed by atoms with van der Waals surface area (Å²) in [7, 11) is 0. The molecule has 2 atom stereocenters. The molecule has 2 aliphatic carbocycles. The first kappa shape index (κ1) is 8.10. The van der Waals surface area contributed by atoms with E-state index in [4.69, 9.17) is 0 Å². The molecule has 2 aliphatic rings. The van der Waals surface area contributed by atoms with Crippen molar-refractivity contribution in [1.82, 2.24) is 0 Å². The molecule has 0 aromatic heterocycles. The van der Waals surface area contributed by atoms with E-state index in [9.17, 15) is 0 Å². The van der Waals surface area contributed by atoms with Gasteiger partial charge in [-0.3, -0.25) is 0 Å². The Kier molecular flexibility index (Phi) is 1.67. The molecule has 0 aromatic rings. The minimum atomic E-state index is 0.810. The third kappa shape index (κ3) is 1.05. The maximum atomic E-state index is 2.37. The molecule has 0 heteroatoms. The molecule has 0 aromatic carbocycles. The second-order valence-electron chi connectivity index (χ2n) is 4.54. The maximum absolute atomic E-state index is 2.37. The number of hydrogen-bond donors (Lipinski definition) is 0. The van der Waals surface area contributed by atoms with Gasteiger partial charge in [0.05, 0.1) is 0 Å². The molecule has 1 fully saturated rings. The molecule has 0 N–H and O–H groups in total. The van der Waals surface area contributed by atoms with Gasteiger partial charge in [0.25, 0.3) is 0 Å². The van der Waals surface area contributed by atoms with Crippen LogP contribution < -0.4 is 0 Å². The fourth-order valence-corrected chi connectivity index (χ4v) is 2.37. The van der Waals surface area contributed by atoms with Crippen molar-refractivity contribution < 1.29 is 0 Å². The molecule has 12 heavy (non-hydrogen) atoms. The number of hydrogen-bond acceptors (Lipinski definition) is 0. The van der Waals surface area contributed by atoms with Crippen LogP contribution in [-0.2, 0) is 0 Å². The molecule has 0 spiro atoms. The minimum absolute atomic E-state index is 0.810. The van der Waals surface area contributed by atoms with Crippen LogP contribution in [0.4, 0.5) is 0 Å². The fraction of sp³-hybridized carbons (Fsp3) is 0.667. The van der Waals surface area contributed by atoms with Crippen molar-refractivity contribution in [3.05, 3.63) is 22.3 Å². The normalized spacial score (nSPS) is 35.0. The topological polar surface area (TPSA) is 0 Å². The Morgan fingerprint density at radius 3 is 1.75 bits per heavy atom. The van der Waals surface area contributed by atoms with Gasteiger partial charge < -0.3 is 0 Å². The van der Waals surface area contributed by atoms with E-state index in [0.717, 1.165) is 11.8 Å². The molecule has 0 radical (unpaired) electrons. The lowest BCUT2D eigenvalue weighted by Gasteiger charge is -2.16. The van der Waals surface area contributed by atoms with Crippen LogP contribution in [0.15, 0.2) is 22.3 Å². The Bertz CT molecular complexity index is 250. The lowest BCUT2D eigenvalue weighted by molar-refractivity contribution is 0.506. The third-order valence-electron chi connectivity index (χ3n) is 3.73. The van der Waals surface area contributed by atoms with Gasteiger partial charge in [0, 0.05) is 0 Å². The predicted molar refractivity (Wildman–Crippen MR) is 53.0 cm³/mol. The first-order valence-corrected chi connectivity index (χ1v) is 5.01. The average Bonchev–Trinajstić information content (AvgIpc) is 2.79. The van der Waals surface area contributed by atoms with Gasteiger partial charge in [0.2, 0.25) is 0 Å². The summed E-state index contributed by atoms with van der Waals surface area (Å²) in [4.78, 5) is 0. The van der Waals surface area contributed by atoms with Gasteiger partial charge in [0.15, 0.2) is 0 Å². The van der Waals surface area contributed by atoms with E-state index in [1.165, 1.54) is 12.8 Å². The zero-order valence-corrected chi connectivity index (χ0v) is 8.57. The van der Waals surface area contributed by atoms with E-state index < -0.39 is 0 Å². The highest BCUT2D eigenvalue weighted by Crippen LogP contribution is 2.49. The first-order valence-electron chi connectivity index (χ1n) is 5.01. The van der Waals surface area contributed by atoms with Crippen molar-refractivity contribution >= 4 is 0 Å². The second kappa shape index (κ2) is 2.48. The molecule has 0 bridgehead atoms. The van der Waals surface area contributed by atoms with E-state index in [-0.39, 0.29) is 0 Å². The quantitative estimate of drug-likeness (QED) is 0.509.